The molecule has 0 saturated carbocycles. The predicted molar refractivity (Wildman–Crippen MR) is 61.8 cm³/mol. The van der Waals surface area contributed by atoms with E-state index < -0.39 is 11.6 Å². The summed E-state index contributed by atoms with van der Waals surface area (Å²) in [4.78, 5) is 0. The fraction of sp³-hybridized carbons (Fsp3) is 0.0769. The average Bonchev–Trinajstić information content (AvgIpc) is 2.30. The molecule has 0 aliphatic carbocycles. The van der Waals surface area contributed by atoms with Crippen molar-refractivity contribution in [1.29, 1.82) is 0 Å². The van der Waals surface area contributed by atoms with Crippen LogP contribution in [0.4, 0.5) is 14.5 Å². The van der Waals surface area contributed by atoms with Gasteiger partial charge in [0.2, 0.25) is 0 Å². The molecule has 4 heteroatoms. The van der Waals surface area contributed by atoms with Crippen LogP contribution in [0.3, 0.4) is 0 Å². The molecule has 0 radical (unpaired) electrons. The van der Waals surface area contributed by atoms with E-state index in [-0.39, 0.29) is 18.0 Å². The quantitative estimate of drug-likeness (QED) is 0.855. The number of phenols is 1. The van der Waals surface area contributed by atoms with Crippen molar-refractivity contribution in [3.05, 3.63) is 59.7 Å². The summed E-state index contributed by atoms with van der Waals surface area (Å²) >= 11 is 0. The summed E-state index contributed by atoms with van der Waals surface area (Å²) in [6.45, 7) is 0.273. The average molecular weight is 235 g/mol. The Kier molecular flexibility index (Phi) is 3.23. The number of para-hydroxylation sites is 1. The van der Waals surface area contributed by atoms with E-state index in [1.54, 1.807) is 24.3 Å². The lowest BCUT2D eigenvalue weighted by atomic mass is 10.2. The molecule has 0 unspecified atom stereocenters. The Morgan fingerprint density at radius 3 is 2.53 bits per heavy atom. The number of phenolic OH excluding ortho intramolecular Hbond substituents is 1. The zero-order valence-electron chi connectivity index (χ0n) is 8.95. The van der Waals surface area contributed by atoms with Crippen molar-refractivity contribution in [2.45, 2.75) is 6.54 Å². The number of nitrogens with one attached hydrogen (secondary N) is 1. The van der Waals surface area contributed by atoms with Crippen LogP contribution in [0.1, 0.15) is 5.56 Å². The molecular formula is C13H11F2NO. The highest BCUT2D eigenvalue weighted by molar-refractivity contribution is 5.46. The molecule has 88 valence electrons. The molecule has 0 bridgehead atoms. The highest BCUT2D eigenvalue weighted by atomic mass is 19.1. The van der Waals surface area contributed by atoms with E-state index >= 15 is 0 Å². The Hall–Kier alpha value is -2.10. The van der Waals surface area contributed by atoms with Crippen LogP contribution >= 0.6 is 0 Å². The van der Waals surface area contributed by atoms with Crippen molar-refractivity contribution in [2.24, 2.45) is 0 Å². The number of benzene rings is 2. The first-order valence-electron chi connectivity index (χ1n) is 5.12. The lowest BCUT2D eigenvalue weighted by Crippen LogP contribution is -2.01. The monoisotopic (exact) mass is 235 g/mol. The van der Waals surface area contributed by atoms with E-state index in [1.165, 1.54) is 12.1 Å². The maximum absolute atomic E-state index is 13.3. The molecule has 0 saturated heterocycles. The zero-order valence-corrected chi connectivity index (χ0v) is 8.95. The van der Waals surface area contributed by atoms with E-state index in [0.29, 0.717) is 5.56 Å². The molecule has 0 atom stereocenters. The van der Waals surface area contributed by atoms with Gasteiger partial charge in [0, 0.05) is 18.2 Å². The number of halogens is 2. The Bertz CT molecular complexity index is 529. The number of hydrogen-bond donors (Lipinski definition) is 2. The summed E-state index contributed by atoms with van der Waals surface area (Å²) < 4.78 is 26.0. The first-order chi connectivity index (χ1) is 8.16. The second kappa shape index (κ2) is 4.82. The minimum absolute atomic E-state index is 0.141. The Morgan fingerprint density at radius 2 is 1.82 bits per heavy atom. The van der Waals surface area contributed by atoms with Crippen molar-refractivity contribution in [2.75, 3.05) is 5.32 Å². The first kappa shape index (κ1) is 11.4. The molecule has 2 aromatic carbocycles. The van der Waals surface area contributed by atoms with Gasteiger partial charge in [-0.2, -0.15) is 0 Å². The largest absolute Gasteiger partial charge is 0.508 e. The van der Waals surface area contributed by atoms with Gasteiger partial charge in [0.25, 0.3) is 0 Å². The second-order valence-corrected chi connectivity index (χ2v) is 3.61. The lowest BCUT2D eigenvalue weighted by Gasteiger charge is -2.08. The predicted octanol–water partition coefficient (Wildman–Crippen LogP) is 3.28. The van der Waals surface area contributed by atoms with Crippen LogP contribution in [0.2, 0.25) is 0 Å². The molecule has 0 heterocycles. The summed E-state index contributed by atoms with van der Waals surface area (Å²) in [6.07, 6.45) is 0. The van der Waals surface area contributed by atoms with Gasteiger partial charge >= 0.3 is 0 Å². The molecule has 0 aliphatic heterocycles. The molecule has 2 aromatic rings. The van der Waals surface area contributed by atoms with E-state index in [2.05, 4.69) is 5.32 Å². The van der Waals surface area contributed by atoms with Crippen molar-refractivity contribution in [3.63, 3.8) is 0 Å². The van der Waals surface area contributed by atoms with Crippen LogP contribution in [-0.2, 0) is 6.54 Å². The maximum atomic E-state index is 13.3. The Morgan fingerprint density at radius 1 is 1.06 bits per heavy atom. The molecule has 17 heavy (non-hydrogen) atoms. The number of aromatic hydroxyl groups is 1. The molecule has 0 aliphatic rings. The van der Waals surface area contributed by atoms with Crippen LogP contribution in [0.5, 0.6) is 5.75 Å². The van der Waals surface area contributed by atoms with Crippen molar-refractivity contribution >= 4 is 5.69 Å². The summed E-state index contributed by atoms with van der Waals surface area (Å²) in [6, 6.07) is 10.1. The number of hydrogen-bond acceptors (Lipinski definition) is 2. The normalized spacial score (nSPS) is 10.2. The molecule has 2 rings (SSSR count). The molecule has 0 aromatic heterocycles. The minimum atomic E-state index is -0.652. The van der Waals surface area contributed by atoms with Gasteiger partial charge in [0.05, 0.1) is 5.69 Å². The van der Waals surface area contributed by atoms with Gasteiger partial charge in [0.15, 0.2) is 0 Å². The van der Waals surface area contributed by atoms with Gasteiger partial charge < -0.3 is 10.4 Å². The van der Waals surface area contributed by atoms with Crippen LogP contribution in [0.15, 0.2) is 42.5 Å². The van der Waals surface area contributed by atoms with Crippen LogP contribution < -0.4 is 5.32 Å². The van der Waals surface area contributed by atoms with Gasteiger partial charge in [0.1, 0.15) is 17.4 Å². The van der Waals surface area contributed by atoms with Crippen LogP contribution in [-0.4, -0.2) is 5.11 Å². The Balaban J connectivity index is 2.10. The third-order valence-electron chi connectivity index (χ3n) is 2.39. The summed E-state index contributed by atoms with van der Waals surface area (Å²) in [5.41, 5.74) is 0.853. The van der Waals surface area contributed by atoms with Crippen LogP contribution in [0, 0.1) is 11.6 Å². The fourth-order valence-corrected chi connectivity index (χ4v) is 1.48. The third-order valence-corrected chi connectivity index (χ3v) is 2.39. The van der Waals surface area contributed by atoms with Crippen LogP contribution in [0.25, 0.3) is 0 Å². The number of rotatable bonds is 3. The molecule has 2 N–H and O–H groups in total. The fourth-order valence-electron chi connectivity index (χ4n) is 1.48. The summed E-state index contributed by atoms with van der Waals surface area (Å²) in [5.74, 6) is -1.13. The smallest absolute Gasteiger partial charge is 0.149 e. The van der Waals surface area contributed by atoms with Crippen molar-refractivity contribution in [1.82, 2.24) is 0 Å². The third kappa shape index (κ3) is 2.72. The molecule has 0 amide bonds. The maximum Gasteiger partial charge on any atom is 0.149 e. The highest BCUT2D eigenvalue weighted by Gasteiger charge is 2.04. The first-order valence-corrected chi connectivity index (χ1v) is 5.12. The lowest BCUT2D eigenvalue weighted by molar-refractivity contribution is 0.469. The van der Waals surface area contributed by atoms with Crippen molar-refractivity contribution in [3.8, 4) is 5.75 Å². The topological polar surface area (TPSA) is 32.3 Å². The molecule has 0 spiro atoms. The van der Waals surface area contributed by atoms with Gasteiger partial charge in [-0.15, -0.1) is 0 Å². The molecular weight excluding hydrogens is 224 g/mol. The van der Waals surface area contributed by atoms with E-state index in [4.69, 9.17) is 0 Å². The van der Waals surface area contributed by atoms with Gasteiger partial charge in [-0.05, 0) is 18.2 Å². The number of anilines is 1. The van der Waals surface area contributed by atoms with E-state index in [1.807, 2.05) is 0 Å². The van der Waals surface area contributed by atoms with E-state index in [0.717, 1.165) is 6.07 Å². The zero-order chi connectivity index (χ0) is 12.3. The van der Waals surface area contributed by atoms with Gasteiger partial charge in [-0.3, -0.25) is 0 Å². The minimum Gasteiger partial charge on any atom is -0.508 e. The SMILES string of the molecule is Oc1ccccc1CNc1ccc(F)cc1F. The standard InChI is InChI=1S/C13H11F2NO/c14-10-5-6-12(11(15)7-10)16-8-9-3-1-2-4-13(9)17/h1-7,16-17H,8H2. The Labute approximate surface area is 97.5 Å². The summed E-state index contributed by atoms with van der Waals surface area (Å²) in [7, 11) is 0. The van der Waals surface area contributed by atoms with Gasteiger partial charge in [-0.25, -0.2) is 8.78 Å². The van der Waals surface area contributed by atoms with Crippen molar-refractivity contribution < 1.29 is 13.9 Å². The second-order valence-electron chi connectivity index (χ2n) is 3.61. The molecule has 0 fully saturated rings. The van der Waals surface area contributed by atoms with Gasteiger partial charge in [-0.1, -0.05) is 18.2 Å². The molecule has 2 nitrogen and oxygen atoms in total. The summed E-state index contributed by atoms with van der Waals surface area (Å²) in [5, 5.41) is 12.3. The van der Waals surface area contributed by atoms with E-state index in [9.17, 15) is 13.9 Å². The highest BCUT2D eigenvalue weighted by Crippen LogP contribution is 2.19.